The van der Waals surface area contributed by atoms with E-state index in [1.807, 2.05) is 6.92 Å². The summed E-state index contributed by atoms with van der Waals surface area (Å²) >= 11 is 0. The highest BCUT2D eigenvalue weighted by Crippen LogP contribution is 2.14. The zero-order chi connectivity index (χ0) is 21.0. The van der Waals surface area contributed by atoms with Gasteiger partial charge in [0, 0.05) is 44.4 Å². The standard InChI is InChI=1S/C21H25FN4O3/c1-3-4-9-26-19(27)8-7-18(23-26)21(29)25-12-10-24(11-13-25)20(28)16-6-5-15(2)17(22)14-16/h5-8,14H,3-4,9-13H2,1-2H3. The molecule has 1 aromatic heterocycles. The van der Waals surface area contributed by atoms with Crippen LogP contribution in [0.5, 0.6) is 0 Å². The van der Waals surface area contributed by atoms with Gasteiger partial charge in [0.2, 0.25) is 0 Å². The van der Waals surface area contributed by atoms with Gasteiger partial charge in [0.1, 0.15) is 11.5 Å². The largest absolute Gasteiger partial charge is 0.335 e. The van der Waals surface area contributed by atoms with E-state index in [0.717, 1.165) is 12.8 Å². The number of aryl methyl sites for hydroxylation is 2. The first-order valence-corrected chi connectivity index (χ1v) is 9.83. The zero-order valence-corrected chi connectivity index (χ0v) is 16.7. The van der Waals surface area contributed by atoms with Crippen molar-refractivity contribution >= 4 is 11.8 Å². The summed E-state index contributed by atoms with van der Waals surface area (Å²) in [6.45, 7) is 5.57. The summed E-state index contributed by atoms with van der Waals surface area (Å²) in [4.78, 5) is 40.5. The molecule has 1 saturated heterocycles. The van der Waals surface area contributed by atoms with Crippen molar-refractivity contribution in [1.29, 1.82) is 0 Å². The normalized spacial score (nSPS) is 14.2. The van der Waals surface area contributed by atoms with Crippen LogP contribution < -0.4 is 5.56 Å². The summed E-state index contributed by atoms with van der Waals surface area (Å²) in [5.74, 6) is -0.917. The molecule has 1 aromatic carbocycles. The lowest BCUT2D eigenvalue weighted by molar-refractivity contribution is 0.0530. The highest BCUT2D eigenvalue weighted by atomic mass is 19.1. The molecule has 8 heteroatoms. The van der Waals surface area contributed by atoms with Crippen molar-refractivity contribution in [1.82, 2.24) is 19.6 Å². The predicted molar refractivity (Wildman–Crippen MR) is 106 cm³/mol. The molecule has 0 atom stereocenters. The van der Waals surface area contributed by atoms with Gasteiger partial charge in [-0.1, -0.05) is 19.4 Å². The summed E-state index contributed by atoms with van der Waals surface area (Å²) in [6, 6.07) is 7.25. The molecule has 0 unspecified atom stereocenters. The number of hydrogen-bond acceptors (Lipinski definition) is 4. The fourth-order valence-corrected chi connectivity index (χ4v) is 3.21. The molecule has 0 spiro atoms. The van der Waals surface area contributed by atoms with Crippen LogP contribution in [0, 0.1) is 12.7 Å². The highest BCUT2D eigenvalue weighted by molar-refractivity contribution is 5.95. The lowest BCUT2D eigenvalue weighted by Gasteiger charge is -2.34. The Morgan fingerprint density at radius 3 is 2.31 bits per heavy atom. The summed E-state index contributed by atoms with van der Waals surface area (Å²) in [7, 11) is 0. The van der Waals surface area contributed by atoms with E-state index in [1.165, 1.54) is 22.9 Å². The number of halogens is 1. The van der Waals surface area contributed by atoms with E-state index in [0.29, 0.717) is 43.9 Å². The van der Waals surface area contributed by atoms with Crippen LogP contribution in [0.1, 0.15) is 46.2 Å². The maximum atomic E-state index is 13.7. The summed E-state index contributed by atoms with van der Waals surface area (Å²) < 4.78 is 15.1. The Kier molecular flexibility index (Phi) is 6.41. The van der Waals surface area contributed by atoms with Crippen molar-refractivity contribution < 1.29 is 14.0 Å². The Balaban J connectivity index is 1.64. The van der Waals surface area contributed by atoms with Crippen LogP contribution in [0.15, 0.2) is 35.1 Å². The molecule has 0 N–H and O–H groups in total. The van der Waals surface area contributed by atoms with Crippen LogP contribution in [-0.4, -0.2) is 57.6 Å². The molecule has 154 valence electrons. The van der Waals surface area contributed by atoms with Gasteiger partial charge in [-0.2, -0.15) is 5.10 Å². The first kappa shape index (κ1) is 20.7. The minimum absolute atomic E-state index is 0.223. The number of piperazine rings is 1. The summed E-state index contributed by atoms with van der Waals surface area (Å²) in [5.41, 5.74) is 0.791. The zero-order valence-electron chi connectivity index (χ0n) is 16.7. The smallest absolute Gasteiger partial charge is 0.274 e. The van der Waals surface area contributed by atoms with E-state index >= 15 is 0 Å². The minimum Gasteiger partial charge on any atom is -0.335 e. The number of amides is 2. The third-order valence-electron chi connectivity index (χ3n) is 5.08. The van der Waals surface area contributed by atoms with Crippen molar-refractivity contribution in [2.45, 2.75) is 33.2 Å². The molecule has 1 fully saturated rings. The molecular formula is C21H25FN4O3. The molecular weight excluding hydrogens is 375 g/mol. The minimum atomic E-state index is -0.408. The van der Waals surface area contributed by atoms with Crippen LogP contribution in [0.4, 0.5) is 4.39 Å². The number of carbonyl (C=O) groups is 2. The van der Waals surface area contributed by atoms with Gasteiger partial charge < -0.3 is 9.80 Å². The Bertz CT molecular complexity index is 965. The Hall–Kier alpha value is -3.03. The molecule has 1 aliphatic heterocycles. The molecule has 0 radical (unpaired) electrons. The molecule has 0 aliphatic carbocycles. The molecule has 0 bridgehead atoms. The number of unbranched alkanes of at least 4 members (excludes halogenated alkanes) is 1. The van der Waals surface area contributed by atoms with Gasteiger partial charge in [0.15, 0.2) is 0 Å². The van der Waals surface area contributed by atoms with Gasteiger partial charge in [-0.25, -0.2) is 9.07 Å². The second kappa shape index (κ2) is 8.98. The van der Waals surface area contributed by atoms with E-state index in [9.17, 15) is 18.8 Å². The summed E-state index contributed by atoms with van der Waals surface area (Å²) in [5, 5.41) is 4.20. The number of benzene rings is 1. The SMILES string of the molecule is CCCCn1nc(C(=O)N2CCN(C(=O)c3ccc(C)c(F)c3)CC2)ccc1=O. The van der Waals surface area contributed by atoms with Gasteiger partial charge in [0.05, 0.1) is 0 Å². The van der Waals surface area contributed by atoms with Crippen LogP contribution in [-0.2, 0) is 6.54 Å². The lowest BCUT2D eigenvalue weighted by atomic mass is 10.1. The van der Waals surface area contributed by atoms with Gasteiger partial charge in [-0.15, -0.1) is 0 Å². The number of nitrogens with zero attached hydrogens (tertiary/aromatic N) is 4. The average Bonchev–Trinajstić information content (AvgIpc) is 2.74. The number of carbonyl (C=O) groups excluding carboxylic acids is 2. The third kappa shape index (κ3) is 4.70. The molecule has 2 amide bonds. The van der Waals surface area contributed by atoms with Crippen LogP contribution >= 0.6 is 0 Å². The second-order valence-corrected chi connectivity index (χ2v) is 7.18. The lowest BCUT2D eigenvalue weighted by Crippen LogP contribution is -2.51. The van der Waals surface area contributed by atoms with Gasteiger partial charge in [0.25, 0.3) is 17.4 Å². The predicted octanol–water partition coefficient (Wildman–Crippen LogP) is 2.09. The quantitative estimate of drug-likeness (QED) is 0.770. The van der Waals surface area contributed by atoms with E-state index < -0.39 is 5.82 Å². The van der Waals surface area contributed by atoms with Gasteiger partial charge >= 0.3 is 0 Å². The topological polar surface area (TPSA) is 75.5 Å². The van der Waals surface area contributed by atoms with Crippen molar-refractivity contribution in [2.75, 3.05) is 26.2 Å². The van der Waals surface area contributed by atoms with Crippen molar-refractivity contribution in [2.24, 2.45) is 0 Å². The highest BCUT2D eigenvalue weighted by Gasteiger charge is 2.26. The first-order chi connectivity index (χ1) is 13.9. The number of aromatic nitrogens is 2. The van der Waals surface area contributed by atoms with E-state index in [1.54, 1.807) is 28.9 Å². The molecule has 1 aliphatic rings. The summed E-state index contributed by atoms with van der Waals surface area (Å²) in [6.07, 6.45) is 1.73. The molecule has 2 heterocycles. The number of hydrogen-bond donors (Lipinski definition) is 0. The van der Waals surface area contributed by atoms with Crippen molar-refractivity contribution in [3.8, 4) is 0 Å². The van der Waals surface area contributed by atoms with Gasteiger partial charge in [-0.3, -0.25) is 14.4 Å². The maximum Gasteiger partial charge on any atom is 0.274 e. The molecule has 3 rings (SSSR count). The average molecular weight is 400 g/mol. The van der Waals surface area contributed by atoms with Crippen LogP contribution in [0.3, 0.4) is 0 Å². The van der Waals surface area contributed by atoms with Crippen LogP contribution in [0.2, 0.25) is 0 Å². The van der Waals surface area contributed by atoms with Crippen molar-refractivity contribution in [3.05, 3.63) is 63.3 Å². The van der Waals surface area contributed by atoms with Gasteiger partial charge in [-0.05, 0) is 37.1 Å². The Labute approximate surface area is 168 Å². The number of rotatable bonds is 5. The maximum absolute atomic E-state index is 13.7. The Morgan fingerprint density at radius 2 is 1.69 bits per heavy atom. The molecule has 29 heavy (non-hydrogen) atoms. The third-order valence-corrected chi connectivity index (χ3v) is 5.08. The molecule has 0 saturated carbocycles. The Morgan fingerprint density at radius 1 is 1.03 bits per heavy atom. The van der Waals surface area contributed by atoms with E-state index in [4.69, 9.17) is 0 Å². The molecule has 2 aromatic rings. The first-order valence-electron chi connectivity index (χ1n) is 9.83. The fourth-order valence-electron chi connectivity index (χ4n) is 3.21. The van der Waals surface area contributed by atoms with Crippen LogP contribution in [0.25, 0.3) is 0 Å². The van der Waals surface area contributed by atoms with Crippen molar-refractivity contribution in [3.63, 3.8) is 0 Å². The molecule has 7 nitrogen and oxygen atoms in total. The monoisotopic (exact) mass is 400 g/mol. The van der Waals surface area contributed by atoms with E-state index in [2.05, 4.69) is 5.10 Å². The second-order valence-electron chi connectivity index (χ2n) is 7.18. The fraction of sp³-hybridized carbons (Fsp3) is 0.429. The van der Waals surface area contributed by atoms with E-state index in [-0.39, 0.29) is 23.1 Å².